The molecule has 0 unspecified atom stereocenters. The highest BCUT2D eigenvalue weighted by Gasteiger charge is 2.06. The molecule has 1 aromatic carbocycles. The van der Waals surface area contributed by atoms with Crippen LogP contribution >= 0.6 is 0 Å². The fraction of sp³-hybridized carbons (Fsp3) is 0.417. The average molecular weight is 240 g/mol. The van der Waals surface area contributed by atoms with E-state index in [1.54, 1.807) is 24.3 Å². The zero-order valence-electron chi connectivity index (χ0n) is 9.88. The van der Waals surface area contributed by atoms with E-state index < -0.39 is 12.3 Å². The van der Waals surface area contributed by atoms with Crippen LogP contribution in [0.4, 0.5) is 0 Å². The average Bonchev–Trinajstić information content (AvgIpc) is 2.32. The first-order chi connectivity index (χ1) is 8.15. The summed E-state index contributed by atoms with van der Waals surface area (Å²) in [5, 5.41) is 8.61. The van der Waals surface area contributed by atoms with E-state index in [0.717, 1.165) is 5.56 Å². The number of hydrogen-bond acceptors (Lipinski definition) is 4. The second kappa shape index (κ2) is 6.88. The summed E-state index contributed by atoms with van der Waals surface area (Å²) in [7, 11) is 3.07. The molecule has 0 amide bonds. The van der Waals surface area contributed by atoms with Gasteiger partial charge in [-0.2, -0.15) is 0 Å². The molecule has 0 aliphatic rings. The highest BCUT2D eigenvalue weighted by atomic mass is 16.7. The number of benzene rings is 1. The van der Waals surface area contributed by atoms with Crippen molar-refractivity contribution in [2.24, 2.45) is 0 Å². The van der Waals surface area contributed by atoms with Gasteiger partial charge in [0.05, 0.1) is 6.42 Å². The molecule has 0 heterocycles. The minimum absolute atomic E-state index is 0.0129. The van der Waals surface area contributed by atoms with Crippen molar-refractivity contribution in [2.45, 2.75) is 12.7 Å². The maximum atomic E-state index is 10.5. The number of rotatable bonds is 7. The Labute approximate surface area is 99.9 Å². The molecule has 17 heavy (non-hydrogen) atoms. The zero-order valence-corrected chi connectivity index (χ0v) is 9.88. The van der Waals surface area contributed by atoms with Gasteiger partial charge in [-0.25, -0.2) is 0 Å². The van der Waals surface area contributed by atoms with Crippen molar-refractivity contribution in [1.82, 2.24) is 0 Å². The van der Waals surface area contributed by atoms with Gasteiger partial charge >= 0.3 is 5.97 Å². The van der Waals surface area contributed by atoms with Crippen LogP contribution in [0.5, 0.6) is 5.75 Å². The fourth-order valence-electron chi connectivity index (χ4n) is 1.27. The molecule has 1 aromatic rings. The molecule has 0 aliphatic carbocycles. The third-order valence-corrected chi connectivity index (χ3v) is 2.19. The van der Waals surface area contributed by atoms with Crippen LogP contribution in [-0.2, 0) is 20.7 Å². The van der Waals surface area contributed by atoms with Gasteiger partial charge in [-0.05, 0) is 17.7 Å². The molecule has 0 aliphatic heterocycles. The van der Waals surface area contributed by atoms with E-state index in [2.05, 4.69) is 0 Å². The Balaban J connectivity index is 2.47. The number of ether oxygens (including phenoxy) is 3. The predicted molar refractivity (Wildman–Crippen MR) is 61.1 cm³/mol. The SMILES string of the molecule is COC(COc1ccc(CC(=O)O)cc1)OC. The Morgan fingerprint density at radius 2 is 1.82 bits per heavy atom. The summed E-state index contributed by atoms with van der Waals surface area (Å²) in [5.74, 6) is -0.198. The molecule has 0 bridgehead atoms. The number of hydrogen-bond donors (Lipinski definition) is 1. The Kier molecular flexibility index (Phi) is 5.45. The highest BCUT2D eigenvalue weighted by molar-refractivity contribution is 5.70. The van der Waals surface area contributed by atoms with E-state index >= 15 is 0 Å². The lowest BCUT2D eigenvalue weighted by Crippen LogP contribution is -2.21. The van der Waals surface area contributed by atoms with Crippen molar-refractivity contribution in [3.8, 4) is 5.75 Å². The first-order valence-corrected chi connectivity index (χ1v) is 5.15. The van der Waals surface area contributed by atoms with Crippen LogP contribution in [0.25, 0.3) is 0 Å². The summed E-state index contributed by atoms with van der Waals surface area (Å²) in [6.07, 6.45) is -0.396. The minimum Gasteiger partial charge on any atom is -0.488 e. The number of carboxylic acids is 1. The molecular formula is C12H16O5. The Hall–Kier alpha value is -1.59. The van der Waals surface area contributed by atoms with Gasteiger partial charge in [0, 0.05) is 14.2 Å². The van der Waals surface area contributed by atoms with Crippen LogP contribution in [-0.4, -0.2) is 38.2 Å². The first kappa shape index (κ1) is 13.5. The molecule has 0 radical (unpaired) electrons. The third kappa shape index (κ3) is 4.84. The summed E-state index contributed by atoms with van der Waals surface area (Å²) in [4.78, 5) is 10.5. The van der Waals surface area contributed by atoms with Gasteiger partial charge in [-0.15, -0.1) is 0 Å². The van der Waals surface area contributed by atoms with E-state index in [1.807, 2.05) is 0 Å². The lowest BCUT2D eigenvalue weighted by Gasteiger charge is -2.14. The number of aliphatic carboxylic acids is 1. The van der Waals surface area contributed by atoms with Gasteiger partial charge in [-0.1, -0.05) is 12.1 Å². The quantitative estimate of drug-likeness (QED) is 0.728. The van der Waals surface area contributed by atoms with Crippen LogP contribution in [0.15, 0.2) is 24.3 Å². The summed E-state index contributed by atoms with van der Waals surface area (Å²) < 4.78 is 15.4. The molecule has 0 aromatic heterocycles. The van der Waals surface area contributed by atoms with E-state index in [0.29, 0.717) is 5.75 Å². The Bertz CT molecular complexity index is 342. The first-order valence-electron chi connectivity index (χ1n) is 5.15. The fourth-order valence-corrected chi connectivity index (χ4v) is 1.27. The standard InChI is InChI=1S/C12H16O5/c1-15-12(16-2)8-17-10-5-3-9(4-6-10)7-11(13)14/h3-6,12H,7-8H2,1-2H3,(H,13,14). The van der Waals surface area contributed by atoms with Crippen molar-refractivity contribution >= 4 is 5.97 Å². The second-order valence-electron chi connectivity index (χ2n) is 3.43. The molecular weight excluding hydrogens is 224 g/mol. The van der Waals surface area contributed by atoms with Crippen molar-refractivity contribution in [2.75, 3.05) is 20.8 Å². The van der Waals surface area contributed by atoms with E-state index in [4.69, 9.17) is 19.3 Å². The predicted octanol–water partition coefficient (Wildman–Crippen LogP) is 1.31. The molecule has 0 saturated heterocycles. The van der Waals surface area contributed by atoms with E-state index in [9.17, 15) is 4.79 Å². The number of carbonyl (C=O) groups is 1. The summed E-state index contributed by atoms with van der Waals surface area (Å²) in [6.45, 7) is 0.283. The van der Waals surface area contributed by atoms with Gasteiger partial charge < -0.3 is 19.3 Å². The van der Waals surface area contributed by atoms with Crippen molar-refractivity contribution in [1.29, 1.82) is 0 Å². The van der Waals surface area contributed by atoms with Gasteiger partial charge in [-0.3, -0.25) is 4.79 Å². The van der Waals surface area contributed by atoms with Gasteiger partial charge in [0.1, 0.15) is 12.4 Å². The van der Waals surface area contributed by atoms with Gasteiger partial charge in [0.15, 0.2) is 6.29 Å². The summed E-state index contributed by atoms with van der Waals surface area (Å²) in [6, 6.07) is 6.89. The maximum Gasteiger partial charge on any atom is 0.307 e. The Morgan fingerprint density at radius 1 is 1.24 bits per heavy atom. The van der Waals surface area contributed by atoms with Gasteiger partial charge in [0.2, 0.25) is 0 Å². The minimum atomic E-state index is -0.850. The van der Waals surface area contributed by atoms with Gasteiger partial charge in [0.25, 0.3) is 0 Å². The molecule has 5 heteroatoms. The molecule has 0 saturated carbocycles. The van der Waals surface area contributed by atoms with Crippen LogP contribution < -0.4 is 4.74 Å². The largest absolute Gasteiger partial charge is 0.488 e. The summed E-state index contributed by atoms with van der Waals surface area (Å²) >= 11 is 0. The smallest absolute Gasteiger partial charge is 0.307 e. The second-order valence-corrected chi connectivity index (χ2v) is 3.43. The van der Waals surface area contributed by atoms with Crippen LogP contribution in [0.2, 0.25) is 0 Å². The normalized spacial score (nSPS) is 10.5. The molecule has 0 fully saturated rings. The Morgan fingerprint density at radius 3 is 2.29 bits per heavy atom. The molecule has 0 spiro atoms. The molecule has 1 N–H and O–H groups in total. The number of carboxylic acid groups (broad SMARTS) is 1. The van der Waals surface area contributed by atoms with E-state index in [1.165, 1.54) is 14.2 Å². The van der Waals surface area contributed by atoms with Crippen molar-refractivity contribution in [3.63, 3.8) is 0 Å². The number of methoxy groups -OCH3 is 2. The van der Waals surface area contributed by atoms with E-state index in [-0.39, 0.29) is 13.0 Å². The maximum absolute atomic E-state index is 10.5. The van der Waals surface area contributed by atoms with Crippen LogP contribution in [0, 0.1) is 0 Å². The molecule has 1 rings (SSSR count). The van der Waals surface area contributed by atoms with Crippen LogP contribution in [0.3, 0.4) is 0 Å². The highest BCUT2D eigenvalue weighted by Crippen LogP contribution is 2.13. The van der Waals surface area contributed by atoms with Crippen LogP contribution in [0.1, 0.15) is 5.56 Å². The zero-order chi connectivity index (χ0) is 12.7. The molecule has 5 nitrogen and oxygen atoms in total. The molecule has 0 atom stereocenters. The lowest BCUT2D eigenvalue weighted by molar-refractivity contribution is -0.136. The van der Waals surface area contributed by atoms with Crippen molar-refractivity contribution < 1.29 is 24.1 Å². The molecule has 94 valence electrons. The lowest BCUT2D eigenvalue weighted by atomic mass is 10.1. The summed E-state index contributed by atoms with van der Waals surface area (Å²) in [5.41, 5.74) is 0.736. The van der Waals surface area contributed by atoms with Crippen molar-refractivity contribution in [3.05, 3.63) is 29.8 Å². The third-order valence-electron chi connectivity index (χ3n) is 2.19. The topological polar surface area (TPSA) is 65.0 Å². The monoisotopic (exact) mass is 240 g/mol.